The fourth-order valence-electron chi connectivity index (χ4n) is 2.03. The number of aliphatic imine (C=N–C) groups is 1. The van der Waals surface area contributed by atoms with Crippen LogP contribution in [0.25, 0.3) is 0 Å². The highest BCUT2D eigenvalue weighted by atomic mass is 16.3. The van der Waals surface area contributed by atoms with Crippen molar-refractivity contribution in [2.75, 3.05) is 13.1 Å². The number of benzene rings is 1. The van der Waals surface area contributed by atoms with Crippen LogP contribution in [0, 0.1) is 0 Å². The summed E-state index contributed by atoms with van der Waals surface area (Å²) in [7, 11) is 0. The van der Waals surface area contributed by atoms with E-state index in [0.717, 1.165) is 24.4 Å². The van der Waals surface area contributed by atoms with E-state index in [1.165, 1.54) is 19.3 Å². The van der Waals surface area contributed by atoms with E-state index < -0.39 is 6.10 Å². The molecule has 1 unspecified atom stereocenters. The van der Waals surface area contributed by atoms with Crippen molar-refractivity contribution in [1.29, 1.82) is 0 Å². The lowest BCUT2D eigenvalue weighted by molar-refractivity contribution is 0.181. The van der Waals surface area contributed by atoms with E-state index in [4.69, 9.17) is 0 Å². The molecule has 2 N–H and O–H groups in total. The molecule has 0 aromatic heterocycles. The predicted octanol–water partition coefficient (Wildman–Crippen LogP) is 2.28. The molecule has 1 aromatic rings. The van der Waals surface area contributed by atoms with E-state index in [0.29, 0.717) is 6.54 Å². The van der Waals surface area contributed by atoms with E-state index in [-0.39, 0.29) is 0 Å². The second-order valence-electron chi connectivity index (χ2n) is 4.45. The van der Waals surface area contributed by atoms with Crippen molar-refractivity contribution in [3.05, 3.63) is 35.9 Å². The zero-order valence-corrected chi connectivity index (χ0v) is 10.1. The molecule has 0 saturated carbocycles. The highest BCUT2D eigenvalue weighted by molar-refractivity contribution is 5.82. The van der Waals surface area contributed by atoms with Gasteiger partial charge in [0, 0.05) is 19.5 Å². The lowest BCUT2D eigenvalue weighted by Gasteiger charge is -2.14. The van der Waals surface area contributed by atoms with Gasteiger partial charge in [-0.05, 0) is 18.4 Å². The van der Waals surface area contributed by atoms with Crippen LogP contribution in [0.2, 0.25) is 0 Å². The van der Waals surface area contributed by atoms with Gasteiger partial charge in [-0.25, -0.2) is 0 Å². The number of hydrogen-bond acceptors (Lipinski definition) is 3. The van der Waals surface area contributed by atoms with Crippen LogP contribution in [-0.2, 0) is 0 Å². The van der Waals surface area contributed by atoms with Gasteiger partial charge in [0.25, 0.3) is 0 Å². The molecular formula is C14H20N2O. The molecule has 1 aromatic carbocycles. The monoisotopic (exact) mass is 232 g/mol. The lowest BCUT2D eigenvalue weighted by Crippen LogP contribution is -2.28. The van der Waals surface area contributed by atoms with Gasteiger partial charge in [-0.3, -0.25) is 4.99 Å². The molecule has 0 bridgehead atoms. The van der Waals surface area contributed by atoms with E-state index in [9.17, 15) is 5.11 Å². The third-order valence-electron chi connectivity index (χ3n) is 3.06. The van der Waals surface area contributed by atoms with E-state index in [2.05, 4.69) is 10.3 Å². The van der Waals surface area contributed by atoms with Crippen molar-refractivity contribution in [1.82, 2.24) is 5.32 Å². The third kappa shape index (κ3) is 3.86. The molecule has 3 nitrogen and oxygen atoms in total. The molecule has 92 valence electrons. The quantitative estimate of drug-likeness (QED) is 0.839. The number of aliphatic hydroxyl groups is 1. The van der Waals surface area contributed by atoms with Crippen LogP contribution < -0.4 is 5.32 Å². The van der Waals surface area contributed by atoms with Crippen LogP contribution in [0.15, 0.2) is 35.3 Å². The number of hydrogen-bond donors (Lipinski definition) is 2. The molecule has 0 aliphatic carbocycles. The Bertz CT molecular complexity index is 362. The smallest absolute Gasteiger partial charge is 0.0964 e. The topological polar surface area (TPSA) is 44.6 Å². The van der Waals surface area contributed by atoms with Crippen LogP contribution in [0.4, 0.5) is 0 Å². The second kappa shape index (κ2) is 6.40. The summed E-state index contributed by atoms with van der Waals surface area (Å²) in [6.45, 7) is 1.46. The van der Waals surface area contributed by atoms with Crippen molar-refractivity contribution >= 4 is 5.84 Å². The Morgan fingerprint density at radius 1 is 1.18 bits per heavy atom. The molecule has 17 heavy (non-hydrogen) atoms. The van der Waals surface area contributed by atoms with Crippen molar-refractivity contribution in [3.8, 4) is 0 Å². The number of rotatable bonds is 3. The zero-order valence-electron chi connectivity index (χ0n) is 10.1. The normalized spacial score (nSPS) is 18.1. The summed E-state index contributed by atoms with van der Waals surface area (Å²) < 4.78 is 0. The van der Waals surface area contributed by atoms with Crippen LogP contribution in [0.5, 0.6) is 0 Å². The minimum absolute atomic E-state index is 0.456. The summed E-state index contributed by atoms with van der Waals surface area (Å²) in [6.07, 6.45) is 4.21. The molecule has 1 aliphatic rings. The molecule has 3 heteroatoms. The average molecular weight is 232 g/mol. The zero-order chi connectivity index (χ0) is 11.9. The molecule has 0 spiro atoms. The minimum atomic E-state index is -0.456. The number of nitrogens with zero attached hydrogens (tertiary/aromatic N) is 1. The van der Waals surface area contributed by atoms with Crippen LogP contribution in [0.1, 0.15) is 37.4 Å². The van der Waals surface area contributed by atoms with Gasteiger partial charge in [-0.15, -0.1) is 0 Å². The first-order valence-electron chi connectivity index (χ1n) is 6.36. The summed E-state index contributed by atoms with van der Waals surface area (Å²) in [5, 5.41) is 13.3. The van der Waals surface area contributed by atoms with Crippen molar-refractivity contribution in [2.24, 2.45) is 4.99 Å². The molecular weight excluding hydrogens is 212 g/mol. The van der Waals surface area contributed by atoms with Gasteiger partial charge in [0.15, 0.2) is 0 Å². The Morgan fingerprint density at radius 3 is 2.82 bits per heavy atom. The third-order valence-corrected chi connectivity index (χ3v) is 3.06. The maximum absolute atomic E-state index is 10.0. The molecule has 1 heterocycles. The fourth-order valence-corrected chi connectivity index (χ4v) is 2.03. The van der Waals surface area contributed by atoms with Gasteiger partial charge < -0.3 is 10.4 Å². The van der Waals surface area contributed by atoms with Gasteiger partial charge in [0.2, 0.25) is 0 Å². The van der Waals surface area contributed by atoms with Gasteiger partial charge in [0.1, 0.15) is 0 Å². The van der Waals surface area contributed by atoms with Crippen molar-refractivity contribution < 1.29 is 5.11 Å². The Hall–Kier alpha value is -1.35. The Balaban J connectivity index is 1.83. The first-order chi connectivity index (χ1) is 8.36. The first kappa shape index (κ1) is 12.1. The van der Waals surface area contributed by atoms with Crippen LogP contribution in [-0.4, -0.2) is 24.0 Å². The average Bonchev–Trinajstić information content (AvgIpc) is 2.65. The van der Waals surface area contributed by atoms with E-state index >= 15 is 0 Å². The molecule has 1 aliphatic heterocycles. The van der Waals surface area contributed by atoms with Gasteiger partial charge in [-0.2, -0.15) is 0 Å². The lowest BCUT2D eigenvalue weighted by atomic mass is 10.1. The van der Waals surface area contributed by atoms with E-state index in [1.54, 1.807) is 0 Å². The van der Waals surface area contributed by atoms with Crippen molar-refractivity contribution in [2.45, 2.75) is 31.8 Å². The van der Waals surface area contributed by atoms with Gasteiger partial charge in [0.05, 0.1) is 11.9 Å². The SMILES string of the molecule is OC(CNC1=NCCCCC1)c1ccccc1. The first-order valence-corrected chi connectivity index (χ1v) is 6.36. The number of amidine groups is 1. The molecule has 2 rings (SSSR count). The minimum Gasteiger partial charge on any atom is -0.387 e. The molecule has 0 amide bonds. The summed E-state index contributed by atoms with van der Waals surface area (Å²) in [5.41, 5.74) is 0.953. The van der Waals surface area contributed by atoms with Gasteiger partial charge in [-0.1, -0.05) is 36.8 Å². The summed E-state index contributed by atoms with van der Waals surface area (Å²) in [5.74, 6) is 1.05. The largest absolute Gasteiger partial charge is 0.387 e. The summed E-state index contributed by atoms with van der Waals surface area (Å²) in [6, 6.07) is 9.74. The Labute approximate surface area is 103 Å². The highest BCUT2D eigenvalue weighted by Crippen LogP contribution is 2.11. The predicted molar refractivity (Wildman–Crippen MR) is 70.2 cm³/mol. The maximum Gasteiger partial charge on any atom is 0.0964 e. The van der Waals surface area contributed by atoms with Crippen LogP contribution >= 0.6 is 0 Å². The summed E-state index contributed by atoms with van der Waals surface area (Å²) in [4.78, 5) is 4.48. The molecule has 0 fully saturated rings. The van der Waals surface area contributed by atoms with Crippen LogP contribution in [0.3, 0.4) is 0 Å². The number of nitrogens with one attached hydrogen (secondary N) is 1. The molecule has 1 atom stereocenters. The molecule has 0 saturated heterocycles. The Kier molecular flexibility index (Phi) is 4.56. The number of aliphatic hydroxyl groups excluding tert-OH is 1. The second-order valence-corrected chi connectivity index (χ2v) is 4.45. The Morgan fingerprint density at radius 2 is 2.00 bits per heavy atom. The van der Waals surface area contributed by atoms with Crippen molar-refractivity contribution in [3.63, 3.8) is 0 Å². The highest BCUT2D eigenvalue weighted by Gasteiger charge is 2.09. The fraction of sp³-hybridized carbons (Fsp3) is 0.500. The molecule has 0 radical (unpaired) electrons. The summed E-state index contributed by atoms with van der Waals surface area (Å²) >= 11 is 0. The van der Waals surface area contributed by atoms with Gasteiger partial charge >= 0.3 is 0 Å². The maximum atomic E-state index is 10.0. The van der Waals surface area contributed by atoms with E-state index in [1.807, 2.05) is 30.3 Å². The standard InChI is InChI=1S/C14H20N2O/c17-13(12-7-3-1-4-8-12)11-16-14-9-5-2-6-10-15-14/h1,3-4,7-8,13,17H,2,5-6,9-11H2,(H,15,16).